The van der Waals surface area contributed by atoms with Crippen molar-refractivity contribution in [2.45, 2.75) is 19.8 Å². The highest BCUT2D eigenvalue weighted by Crippen LogP contribution is 2.17. The lowest BCUT2D eigenvalue weighted by molar-refractivity contribution is -0.384. The summed E-state index contributed by atoms with van der Waals surface area (Å²) in [5.74, 6) is -0.526. The number of carbonyl (C=O) groups is 2. The Morgan fingerprint density at radius 2 is 2.23 bits per heavy atom. The molecule has 1 fully saturated rings. The predicted molar refractivity (Wildman–Crippen MR) is 77.3 cm³/mol. The van der Waals surface area contributed by atoms with Crippen molar-refractivity contribution in [3.05, 3.63) is 28.1 Å². The fourth-order valence-electron chi connectivity index (χ4n) is 2.56. The highest BCUT2D eigenvalue weighted by Gasteiger charge is 2.23. The summed E-state index contributed by atoms with van der Waals surface area (Å²) in [6, 6.07) is 1.13. The number of aryl methyl sites for hydroxylation is 1. The summed E-state index contributed by atoms with van der Waals surface area (Å²) in [6.07, 6.45) is 3.27. The maximum atomic E-state index is 12.0. The molecule has 1 saturated heterocycles. The van der Waals surface area contributed by atoms with Crippen molar-refractivity contribution in [1.29, 1.82) is 0 Å². The van der Waals surface area contributed by atoms with Crippen LogP contribution < -0.4 is 0 Å². The Kier molecular flexibility index (Phi) is 4.79. The molecule has 0 spiro atoms. The van der Waals surface area contributed by atoms with Crippen LogP contribution in [0.3, 0.4) is 0 Å². The molecule has 0 bridgehead atoms. The minimum Gasteiger partial charge on any atom is -0.451 e. The van der Waals surface area contributed by atoms with Crippen LogP contribution in [-0.4, -0.2) is 46.0 Å². The lowest BCUT2D eigenvalue weighted by Gasteiger charge is -2.30. The number of hydrogen-bond donors (Lipinski definition) is 0. The molecule has 22 heavy (non-hydrogen) atoms. The number of ether oxygens (including phenoxy) is 1. The molecule has 120 valence electrons. The summed E-state index contributed by atoms with van der Waals surface area (Å²) < 4.78 is 6.29. The van der Waals surface area contributed by atoms with Gasteiger partial charge in [-0.3, -0.25) is 14.9 Å². The van der Waals surface area contributed by atoms with Gasteiger partial charge in [0.1, 0.15) is 5.69 Å². The average Bonchev–Trinajstić information content (AvgIpc) is 2.86. The van der Waals surface area contributed by atoms with Gasteiger partial charge < -0.3 is 14.2 Å². The molecule has 1 amide bonds. The molecule has 1 aromatic rings. The maximum Gasteiger partial charge on any atom is 0.355 e. The minimum absolute atomic E-state index is 0.0477. The predicted octanol–water partition coefficient (Wildman–Crippen LogP) is 1.35. The Balaban J connectivity index is 1.92. The number of piperidine rings is 1. The van der Waals surface area contributed by atoms with Gasteiger partial charge in [0, 0.05) is 26.2 Å². The smallest absolute Gasteiger partial charge is 0.355 e. The number of nitrogens with zero attached hydrogens (tertiary/aromatic N) is 3. The second-order valence-corrected chi connectivity index (χ2v) is 5.61. The van der Waals surface area contributed by atoms with Crippen molar-refractivity contribution in [2.24, 2.45) is 13.0 Å². The number of likely N-dealkylation sites (tertiary alicyclic amines) is 1. The van der Waals surface area contributed by atoms with Crippen molar-refractivity contribution in [3.8, 4) is 0 Å². The summed E-state index contributed by atoms with van der Waals surface area (Å²) in [5, 5.41) is 10.7. The van der Waals surface area contributed by atoms with Gasteiger partial charge in [0.25, 0.3) is 11.6 Å². The van der Waals surface area contributed by atoms with Crippen molar-refractivity contribution in [3.63, 3.8) is 0 Å². The van der Waals surface area contributed by atoms with Crippen LogP contribution in [0.5, 0.6) is 0 Å². The van der Waals surface area contributed by atoms with Gasteiger partial charge in [0.05, 0.1) is 11.1 Å². The van der Waals surface area contributed by atoms with E-state index in [1.165, 1.54) is 17.8 Å². The lowest BCUT2D eigenvalue weighted by atomic mass is 10.0. The molecular formula is C14H19N3O5. The van der Waals surface area contributed by atoms with Crippen LogP contribution in [0, 0.1) is 16.0 Å². The molecule has 0 aliphatic carbocycles. The van der Waals surface area contributed by atoms with Crippen LogP contribution in [0.25, 0.3) is 0 Å². The summed E-state index contributed by atoms with van der Waals surface area (Å²) in [6.45, 7) is 3.08. The molecular weight excluding hydrogens is 290 g/mol. The van der Waals surface area contributed by atoms with Gasteiger partial charge in [-0.25, -0.2) is 4.79 Å². The molecule has 1 aliphatic rings. The van der Waals surface area contributed by atoms with Gasteiger partial charge in [-0.2, -0.15) is 0 Å². The Hall–Kier alpha value is -2.38. The monoisotopic (exact) mass is 309 g/mol. The molecule has 1 atom stereocenters. The Morgan fingerprint density at radius 3 is 2.82 bits per heavy atom. The molecule has 0 saturated carbocycles. The Morgan fingerprint density at radius 1 is 1.50 bits per heavy atom. The molecule has 0 N–H and O–H groups in total. The second-order valence-electron chi connectivity index (χ2n) is 5.61. The maximum absolute atomic E-state index is 12.0. The largest absolute Gasteiger partial charge is 0.451 e. The number of esters is 1. The van der Waals surface area contributed by atoms with E-state index < -0.39 is 10.9 Å². The standard InChI is InChI=1S/C14H19N3O5/c1-10-4-3-5-16(7-10)13(18)9-22-14(19)12-6-11(17(20)21)8-15(12)2/h6,8,10H,3-5,7,9H2,1-2H3. The minimum atomic E-state index is -0.742. The van der Waals surface area contributed by atoms with Gasteiger partial charge in [0.15, 0.2) is 6.61 Å². The van der Waals surface area contributed by atoms with Gasteiger partial charge in [-0.15, -0.1) is 0 Å². The van der Waals surface area contributed by atoms with Crippen molar-refractivity contribution in [2.75, 3.05) is 19.7 Å². The molecule has 1 unspecified atom stereocenters. The highest BCUT2D eigenvalue weighted by molar-refractivity contribution is 5.90. The van der Waals surface area contributed by atoms with Crippen molar-refractivity contribution in [1.82, 2.24) is 9.47 Å². The van der Waals surface area contributed by atoms with Gasteiger partial charge in [-0.1, -0.05) is 6.92 Å². The molecule has 8 heteroatoms. The number of carbonyl (C=O) groups excluding carboxylic acids is 2. The molecule has 1 aliphatic heterocycles. The van der Waals surface area contributed by atoms with E-state index in [1.807, 2.05) is 0 Å². The normalized spacial score (nSPS) is 18.1. The van der Waals surface area contributed by atoms with Crippen molar-refractivity contribution < 1.29 is 19.2 Å². The Bertz CT molecular complexity index is 595. The van der Waals surface area contributed by atoms with E-state index in [-0.39, 0.29) is 23.9 Å². The van der Waals surface area contributed by atoms with E-state index in [0.717, 1.165) is 18.9 Å². The first kappa shape index (κ1) is 16.0. The van der Waals surface area contributed by atoms with E-state index in [0.29, 0.717) is 19.0 Å². The SMILES string of the molecule is CC1CCCN(C(=O)COC(=O)c2cc([N+](=O)[O-])cn2C)C1. The zero-order chi connectivity index (χ0) is 16.3. The van der Waals surface area contributed by atoms with Gasteiger partial charge in [-0.05, 0) is 18.8 Å². The summed E-state index contributed by atoms with van der Waals surface area (Å²) in [4.78, 5) is 35.7. The topological polar surface area (TPSA) is 94.7 Å². The molecule has 2 rings (SSSR count). The molecule has 8 nitrogen and oxygen atoms in total. The third kappa shape index (κ3) is 3.63. The van der Waals surface area contributed by atoms with Crippen LogP contribution in [0.2, 0.25) is 0 Å². The number of aromatic nitrogens is 1. The van der Waals surface area contributed by atoms with E-state index in [1.54, 1.807) is 4.90 Å². The van der Waals surface area contributed by atoms with Gasteiger partial charge >= 0.3 is 5.97 Å². The van der Waals surface area contributed by atoms with E-state index in [9.17, 15) is 19.7 Å². The average molecular weight is 309 g/mol. The summed E-state index contributed by atoms with van der Waals surface area (Å²) in [5.41, 5.74) is -0.142. The van der Waals surface area contributed by atoms with Crippen LogP contribution in [0.15, 0.2) is 12.3 Å². The molecule has 0 radical (unpaired) electrons. The molecule has 0 aromatic carbocycles. The number of rotatable bonds is 4. The zero-order valence-corrected chi connectivity index (χ0v) is 12.7. The fourth-order valence-corrected chi connectivity index (χ4v) is 2.56. The third-order valence-corrected chi connectivity index (χ3v) is 3.75. The lowest BCUT2D eigenvalue weighted by Crippen LogP contribution is -2.41. The Labute approximate surface area is 127 Å². The fraction of sp³-hybridized carbons (Fsp3) is 0.571. The highest BCUT2D eigenvalue weighted by atomic mass is 16.6. The van der Waals surface area contributed by atoms with E-state index >= 15 is 0 Å². The van der Waals surface area contributed by atoms with Crippen LogP contribution in [0.4, 0.5) is 5.69 Å². The molecule has 1 aromatic heterocycles. The number of amides is 1. The zero-order valence-electron chi connectivity index (χ0n) is 12.7. The van der Waals surface area contributed by atoms with E-state index in [4.69, 9.17) is 4.74 Å². The molecule has 2 heterocycles. The first-order valence-corrected chi connectivity index (χ1v) is 7.14. The summed E-state index contributed by atoms with van der Waals surface area (Å²) in [7, 11) is 1.51. The van der Waals surface area contributed by atoms with Crippen LogP contribution in [0.1, 0.15) is 30.3 Å². The first-order chi connectivity index (χ1) is 10.4. The van der Waals surface area contributed by atoms with E-state index in [2.05, 4.69) is 6.92 Å². The number of hydrogen-bond acceptors (Lipinski definition) is 5. The first-order valence-electron chi connectivity index (χ1n) is 7.14. The summed E-state index contributed by atoms with van der Waals surface area (Å²) >= 11 is 0. The second kappa shape index (κ2) is 6.59. The quantitative estimate of drug-likeness (QED) is 0.475. The van der Waals surface area contributed by atoms with Crippen molar-refractivity contribution >= 4 is 17.6 Å². The third-order valence-electron chi connectivity index (χ3n) is 3.75. The van der Waals surface area contributed by atoms with Gasteiger partial charge in [0.2, 0.25) is 0 Å². The van der Waals surface area contributed by atoms with Crippen LogP contribution in [-0.2, 0) is 16.6 Å². The number of nitro groups is 1. The van der Waals surface area contributed by atoms with Crippen LogP contribution >= 0.6 is 0 Å².